The summed E-state index contributed by atoms with van der Waals surface area (Å²) in [6.45, 7) is 1.64. The number of methoxy groups -OCH3 is 1. The van der Waals surface area contributed by atoms with E-state index in [1.54, 1.807) is 7.11 Å². The van der Waals surface area contributed by atoms with Gasteiger partial charge in [0.25, 0.3) is 0 Å². The van der Waals surface area contributed by atoms with E-state index in [4.69, 9.17) is 9.72 Å². The van der Waals surface area contributed by atoms with Crippen LogP contribution >= 0.6 is 11.3 Å². The molecule has 0 saturated heterocycles. The average Bonchev–Trinajstić information content (AvgIpc) is 3.16. The number of hydrogen-bond donors (Lipinski definition) is 1. The molecule has 3 rings (SSSR count). The predicted octanol–water partition coefficient (Wildman–Crippen LogP) is 4.37. The van der Waals surface area contributed by atoms with Crippen molar-refractivity contribution in [1.29, 1.82) is 0 Å². The largest absolute Gasteiger partial charge is 0.378 e. The first-order valence-corrected chi connectivity index (χ1v) is 9.39. The molecule has 2 aliphatic carbocycles. The average molecular weight is 308 g/mol. The fourth-order valence-electron chi connectivity index (χ4n) is 3.68. The topological polar surface area (TPSA) is 34.1 Å². The number of rotatable bonds is 6. The molecule has 118 valence electrons. The predicted molar refractivity (Wildman–Crippen MR) is 87.7 cm³/mol. The van der Waals surface area contributed by atoms with Crippen LogP contribution in [0.2, 0.25) is 0 Å². The smallest absolute Gasteiger partial charge is 0.0963 e. The van der Waals surface area contributed by atoms with Crippen LogP contribution in [0.5, 0.6) is 0 Å². The Hall–Kier alpha value is -0.450. The number of aromatic nitrogens is 1. The van der Waals surface area contributed by atoms with Crippen LogP contribution in [0, 0.1) is 0 Å². The second-order valence-corrected chi connectivity index (χ2v) is 7.67. The van der Waals surface area contributed by atoms with Crippen LogP contribution in [0.15, 0.2) is 0 Å². The molecule has 1 aromatic heterocycles. The molecule has 3 nitrogen and oxygen atoms in total. The summed E-state index contributed by atoms with van der Waals surface area (Å²) in [4.78, 5) is 6.33. The van der Waals surface area contributed by atoms with E-state index in [0.29, 0.717) is 12.5 Å². The summed E-state index contributed by atoms with van der Waals surface area (Å²) in [6.07, 6.45) is 12.3. The van der Waals surface area contributed by atoms with Crippen LogP contribution in [-0.2, 0) is 17.9 Å². The standard InChI is InChI=1S/C17H28N2OS/c1-20-12-15-16(11-18-14-9-5-6-10-14)21-17(19-15)13-7-3-2-4-8-13/h13-14,18H,2-12H2,1H3. The van der Waals surface area contributed by atoms with E-state index < -0.39 is 0 Å². The SMILES string of the molecule is COCc1nc(C2CCCCC2)sc1CNC1CCCC1. The summed E-state index contributed by atoms with van der Waals surface area (Å²) in [7, 11) is 1.77. The minimum absolute atomic E-state index is 0.658. The quantitative estimate of drug-likeness (QED) is 0.847. The van der Waals surface area contributed by atoms with Gasteiger partial charge in [-0.25, -0.2) is 4.98 Å². The van der Waals surface area contributed by atoms with Crippen LogP contribution < -0.4 is 5.32 Å². The molecule has 0 atom stereocenters. The Morgan fingerprint density at radius 1 is 1.10 bits per heavy atom. The molecule has 0 radical (unpaired) electrons. The molecule has 0 aromatic carbocycles. The van der Waals surface area contributed by atoms with E-state index in [0.717, 1.165) is 12.6 Å². The maximum Gasteiger partial charge on any atom is 0.0963 e. The fraction of sp³-hybridized carbons (Fsp3) is 0.824. The lowest BCUT2D eigenvalue weighted by Gasteiger charge is -2.18. The van der Waals surface area contributed by atoms with Gasteiger partial charge in [0.05, 0.1) is 17.3 Å². The summed E-state index contributed by atoms with van der Waals surface area (Å²) < 4.78 is 5.36. The Labute approximate surface area is 132 Å². The fourth-order valence-corrected chi connectivity index (χ4v) is 4.87. The highest BCUT2D eigenvalue weighted by molar-refractivity contribution is 7.11. The summed E-state index contributed by atoms with van der Waals surface area (Å²) in [6, 6.07) is 0.723. The number of hydrogen-bond acceptors (Lipinski definition) is 4. The third kappa shape index (κ3) is 4.05. The maximum absolute atomic E-state index is 5.36. The van der Waals surface area contributed by atoms with Gasteiger partial charge in [-0.15, -0.1) is 11.3 Å². The minimum atomic E-state index is 0.658. The summed E-state index contributed by atoms with van der Waals surface area (Å²) in [5, 5.41) is 5.09. The van der Waals surface area contributed by atoms with Crippen molar-refractivity contribution in [2.75, 3.05) is 7.11 Å². The minimum Gasteiger partial charge on any atom is -0.378 e. The van der Waals surface area contributed by atoms with Crippen LogP contribution in [-0.4, -0.2) is 18.1 Å². The molecule has 1 N–H and O–H groups in total. The Balaban J connectivity index is 1.66. The monoisotopic (exact) mass is 308 g/mol. The van der Waals surface area contributed by atoms with Gasteiger partial charge in [0.1, 0.15) is 0 Å². The number of ether oxygens (including phenoxy) is 1. The first-order valence-electron chi connectivity index (χ1n) is 8.57. The van der Waals surface area contributed by atoms with Gasteiger partial charge in [-0.1, -0.05) is 32.1 Å². The third-order valence-electron chi connectivity index (χ3n) is 4.94. The molecule has 0 bridgehead atoms. The second-order valence-electron chi connectivity index (χ2n) is 6.55. The van der Waals surface area contributed by atoms with Crippen molar-refractivity contribution in [2.45, 2.75) is 82.9 Å². The molecule has 0 unspecified atom stereocenters. The molecule has 21 heavy (non-hydrogen) atoms. The molecule has 0 amide bonds. The molecule has 0 aliphatic heterocycles. The normalized spacial score (nSPS) is 21.2. The van der Waals surface area contributed by atoms with Gasteiger partial charge in [0, 0.05) is 30.5 Å². The zero-order chi connectivity index (χ0) is 14.5. The van der Waals surface area contributed by atoms with Gasteiger partial charge in [0.2, 0.25) is 0 Å². The molecule has 2 fully saturated rings. The van der Waals surface area contributed by atoms with E-state index in [1.165, 1.54) is 73.4 Å². The molecule has 2 saturated carbocycles. The summed E-state index contributed by atoms with van der Waals surface area (Å²) >= 11 is 1.94. The van der Waals surface area contributed by atoms with E-state index in [9.17, 15) is 0 Å². The van der Waals surface area contributed by atoms with Crippen molar-refractivity contribution in [3.63, 3.8) is 0 Å². The van der Waals surface area contributed by atoms with E-state index in [1.807, 2.05) is 11.3 Å². The van der Waals surface area contributed by atoms with Crippen molar-refractivity contribution >= 4 is 11.3 Å². The molecule has 1 aromatic rings. The maximum atomic E-state index is 5.36. The lowest BCUT2D eigenvalue weighted by Crippen LogP contribution is -2.25. The highest BCUT2D eigenvalue weighted by Gasteiger charge is 2.22. The Bertz CT molecular complexity index is 434. The molecule has 1 heterocycles. The van der Waals surface area contributed by atoms with Crippen LogP contribution in [0.4, 0.5) is 0 Å². The lowest BCUT2D eigenvalue weighted by atomic mass is 9.90. The Morgan fingerprint density at radius 2 is 1.81 bits per heavy atom. The van der Waals surface area contributed by atoms with Gasteiger partial charge in [-0.2, -0.15) is 0 Å². The zero-order valence-corrected chi connectivity index (χ0v) is 14.0. The highest BCUT2D eigenvalue weighted by atomic mass is 32.1. The summed E-state index contributed by atoms with van der Waals surface area (Å²) in [5.41, 5.74) is 1.17. The molecular weight excluding hydrogens is 280 g/mol. The second kappa shape index (κ2) is 7.70. The lowest BCUT2D eigenvalue weighted by molar-refractivity contribution is 0.181. The van der Waals surface area contributed by atoms with Crippen molar-refractivity contribution in [1.82, 2.24) is 10.3 Å². The van der Waals surface area contributed by atoms with Crippen molar-refractivity contribution < 1.29 is 4.74 Å². The van der Waals surface area contributed by atoms with Gasteiger partial charge < -0.3 is 10.1 Å². The molecule has 4 heteroatoms. The van der Waals surface area contributed by atoms with Crippen LogP contribution in [0.1, 0.15) is 79.3 Å². The molecular formula is C17H28N2OS. The highest BCUT2D eigenvalue weighted by Crippen LogP contribution is 2.36. The van der Waals surface area contributed by atoms with E-state index in [2.05, 4.69) is 5.32 Å². The first kappa shape index (κ1) is 15.4. The number of nitrogens with one attached hydrogen (secondary N) is 1. The van der Waals surface area contributed by atoms with Crippen molar-refractivity contribution in [3.8, 4) is 0 Å². The van der Waals surface area contributed by atoms with Crippen LogP contribution in [0.3, 0.4) is 0 Å². The number of nitrogens with zero attached hydrogens (tertiary/aromatic N) is 1. The van der Waals surface area contributed by atoms with Gasteiger partial charge in [-0.05, 0) is 25.7 Å². The van der Waals surface area contributed by atoms with Crippen LogP contribution in [0.25, 0.3) is 0 Å². The van der Waals surface area contributed by atoms with Crippen molar-refractivity contribution in [2.24, 2.45) is 0 Å². The molecule has 0 spiro atoms. The Morgan fingerprint density at radius 3 is 2.52 bits per heavy atom. The number of thiazole rings is 1. The zero-order valence-electron chi connectivity index (χ0n) is 13.2. The van der Waals surface area contributed by atoms with Crippen molar-refractivity contribution in [3.05, 3.63) is 15.6 Å². The van der Waals surface area contributed by atoms with E-state index >= 15 is 0 Å². The Kier molecular flexibility index (Phi) is 5.67. The first-order chi connectivity index (χ1) is 10.4. The third-order valence-corrected chi connectivity index (χ3v) is 6.20. The van der Waals surface area contributed by atoms with Gasteiger partial charge in [-0.3, -0.25) is 0 Å². The van der Waals surface area contributed by atoms with Gasteiger partial charge >= 0.3 is 0 Å². The van der Waals surface area contributed by atoms with E-state index in [-0.39, 0.29) is 0 Å². The molecule has 2 aliphatic rings. The van der Waals surface area contributed by atoms with Gasteiger partial charge in [0.15, 0.2) is 0 Å². The summed E-state index contributed by atoms with van der Waals surface area (Å²) in [5.74, 6) is 0.708.